The standard InChI is InChI=1S/C15H10ClFN2O2.C2HF3O2/c16-10-2-1-9(13(17)7-10)8-21-15(20)12-4-6-19-14-11(12)3-5-18-14;3-2(4,5)1(6)7/h1-7H,8H2,(H,18,19);(H,6,7). The lowest BCUT2D eigenvalue weighted by atomic mass is 10.2. The van der Waals surface area contributed by atoms with E-state index in [2.05, 4.69) is 9.97 Å². The molecular formula is C17H11ClF4N2O4. The monoisotopic (exact) mass is 418 g/mol. The summed E-state index contributed by atoms with van der Waals surface area (Å²) in [6.07, 6.45) is -1.88. The van der Waals surface area contributed by atoms with Crippen molar-refractivity contribution >= 4 is 34.6 Å². The van der Waals surface area contributed by atoms with Crippen LogP contribution in [0.3, 0.4) is 0 Å². The lowest BCUT2D eigenvalue weighted by Gasteiger charge is -2.07. The average Bonchev–Trinajstić information content (AvgIpc) is 3.09. The summed E-state index contributed by atoms with van der Waals surface area (Å²) < 4.78 is 50.5. The zero-order valence-corrected chi connectivity index (χ0v) is 14.5. The Bertz CT molecular complexity index is 1000. The molecular weight excluding hydrogens is 408 g/mol. The number of ether oxygens (including phenoxy) is 1. The van der Waals surface area contributed by atoms with Crippen molar-refractivity contribution in [1.82, 2.24) is 9.97 Å². The van der Waals surface area contributed by atoms with Gasteiger partial charge in [0.25, 0.3) is 0 Å². The van der Waals surface area contributed by atoms with Crippen molar-refractivity contribution in [3.8, 4) is 0 Å². The summed E-state index contributed by atoms with van der Waals surface area (Å²) in [6, 6.07) is 7.52. The Morgan fingerprint density at radius 2 is 1.89 bits per heavy atom. The topological polar surface area (TPSA) is 92.3 Å². The smallest absolute Gasteiger partial charge is 0.475 e. The minimum atomic E-state index is -5.08. The van der Waals surface area contributed by atoms with Crippen LogP contribution in [0, 0.1) is 5.82 Å². The Labute approximate surface area is 159 Å². The molecule has 0 unspecified atom stereocenters. The molecule has 28 heavy (non-hydrogen) atoms. The van der Waals surface area contributed by atoms with E-state index in [9.17, 15) is 22.4 Å². The van der Waals surface area contributed by atoms with Crippen molar-refractivity contribution in [3.63, 3.8) is 0 Å². The van der Waals surface area contributed by atoms with Gasteiger partial charge in [-0.1, -0.05) is 17.7 Å². The second-order valence-corrected chi connectivity index (χ2v) is 5.65. The average molecular weight is 419 g/mol. The van der Waals surface area contributed by atoms with Gasteiger partial charge in [0.05, 0.1) is 5.56 Å². The molecule has 2 heterocycles. The van der Waals surface area contributed by atoms with E-state index >= 15 is 0 Å². The number of H-pyrrole nitrogens is 1. The highest BCUT2D eigenvalue weighted by Crippen LogP contribution is 2.19. The summed E-state index contributed by atoms with van der Waals surface area (Å²) in [6.45, 7) is -0.157. The van der Waals surface area contributed by atoms with Crippen LogP contribution in [-0.2, 0) is 16.1 Å². The molecule has 0 amide bonds. The van der Waals surface area contributed by atoms with E-state index in [1.807, 2.05) is 0 Å². The maximum absolute atomic E-state index is 13.6. The molecule has 3 rings (SSSR count). The highest BCUT2D eigenvalue weighted by Gasteiger charge is 2.38. The molecule has 3 aromatic rings. The number of pyridine rings is 1. The fraction of sp³-hybridized carbons (Fsp3) is 0.118. The molecule has 11 heteroatoms. The number of hydrogen-bond donors (Lipinski definition) is 2. The highest BCUT2D eigenvalue weighted by molar-refractivity contribution is 6.30. The van der Waals surface area contributed by atoms with Gasteiger partial charge >= 0.3 is 18.1 Å². The number of halogens is 5. The van der Waals surface area contributed by atoms with Gasteiger partial charge in [-0.25, -0.2) is 19.0 Å². The fourth-order valence-corrected chi connectivity index (χ4v) is 2.16. The van der Waals surface area contributed by atoms with Crippen molar-refractivity contribution in [1.29, 1.82) is 0 Å². The number of rotatable bonds is 3. The third kappa shape index (κ3) is 5.43. The fourth-order valence-electron chi connectivity index (χ4n) is 2.00. The lowest BCUT2D eigenvalue weighted by molar-refractivity contribution is -0.192. The summed E-state index contributed by atoms with van der Waals surface area (Å²) in [5.74, 6) is -3.79. The zero-order chi connectivity index (χ0) is 20.9. The Balaban J connectivity index is 0.000000345. The van der Waals surface area contributed by atoms with Crippen LogP contribution in [0.1, 0.15) is 15.9 Å². The maximum Gasteiger partial charge on any atom is 0.490 e. The molecule has 2 N–H and O–H groups in total. The first-order valence-electron chi connectivity index (χ1n) is 7.43. The van der Waals surface area contributed by atoms with E-state index < -0.39 is 23.9 Å². The van der Waals surface area contributed by atoms with Crippen LogP contribution in [-0.4, -0.2) is 33.2 Å². The number of nitrogens with one attached hydrogen (secondary N) is 1. The largest absolute Gasteiger partial charge is 0.490 e. The van der Waals surface area contributed by atoms with Gasteiger partial charge in [0.1, 0.15) is 18.1 Å². The summed E-state index contributed by atoms with van der Waals surface area (Å²) in [5, 5.41) is 8.09. The van der Waals surface area contributed by atoms with Gasteiger partial charge in [0.2, 0.25) is 0 Å². The number of carbonyl (C=O) groups is 2. The number of alkyl halides is 3. The van der Waals surface area contributed by atoms with Gasteiger partial charge in [-0.15, -0.1) is 0 Å². The maximum atomic E-state index is 13.6. The Morgan fingerprint density at radius 3 is 2.50 bits per heavy atom. The van der Waals surface area contributed by atoms with Crippen molar-refractivity contribution in [2.45, 2.75) is 12.8 Å². The van der Waals surface area contributed by atoms with Crippen LogP contribution in [0.25, 0.3) is 11.0 Å². The first kappa shape index (κ1) is 21.2. The number of aliphatic carboxylic acids is 1. The normalized spacial score (nSPS) is 10.9. The van der Waals surface area contributed by atoms with Gasteiger partial charge in [-0.3, -0.25) is 0 Å². The number of esters is 1. The van der Waals surface area contributed by atoms with Crippen LogP contribution in [0.15, 0.2) is 42.7 Å². The molecule has 0 spiro atoms. The van der Waals surface area contributed by atoms with Crippen LogP contribution >= 0.6 is 11.6 Å². The first-order valence-corrected chi connectivity index (χ1v) is 7.80. The molecule has 0 bridgehead atoms. The van der Waals surface area contributed by atoms with E-state index in [1.165, 1.54) is 18.3 Å². The molecule has 148 valence electrons. The van der Waals surface area contributed by atoms with Gasteiger partial charge < -0.3 is 14.8 Å². The number of aromatic nitrogens is 2. The van der Waals surface area contributed by atoms with Crippen LogP contribution in [0.2, 0.25) is 5.02 Å². The molecule has 0 saturated carbocycles. The van der Waals surface area contributed by atoms with Crippen LogP contribution in [0.5, 0.6) is 0 Å². The number of fused-ring (bicyclic) bond motifs is 1. The van der Waals surface area contributed by atoms with E-state index in [4.69, 9.17) is 26.2 Å². The third-order valence-electron chi connectivity index (χ3n) is 3.30. The number of carbonyl (C=O) groups excluding carboxylic acids is 1. The predicted molar refractivity (Wildman–Crippen MR) is 90.3 cm³/mol. The molecule has 6 nitrogen and oxygen atoms in total. The molecule has 0 fully saturated rings. The Hall–Kier alpha value is -3.14. The summed E-state index contributed by atoms with van der Waals surface area (Å²) in [7, 11) is 0. The van der Waals surface area contributed by atoms with Gasteiger partial charge in [-0.2, -0.15) is 13.2 Å². The first-order chi connectivity index (χ1) is 13.1. The van der Waals surface area contributed by atoms with Crippen molar-refractivity contribution < 1.29 is 37.0 Å². The van der Waals surface area contributed by atoms with Crippen LogP contribution < -0.4 is 0 Å². The number of hydrogen-bond acceptors (Lipinski definition) is 4. The summed E-state index contributed by atoms with van der Waals surface area (Å²) >= 11 is 5.67. The molecule has 0 aliphatic heterocycles. The third-order valence-corrected chi connectivity index (χ3v) is 3.53. The Morgan fingerprint density at radius 1 is 1.21 bits per heavy atom. The summed E-state index contributed by atoms with van der Waals surface area (Å²) in [4.78, 5) is 28.0. The number of benzene rings is 1. The van der Waals surface area contributed by atoms with Gasteiger partial charge in [0.15, 0.2) is 0 Å². The predicted octanol–water partition coefficient (Wildman–Crippen LogP) is 4.35. The SMILES string of the molecule is O=C(O)C(F)(F)F.O=C(OCc1ccc(Cl)cc1F)c1ccnc2[nH]ccc12. The molecule has 0 radical (unpaired) electrons. The molecule has 0 aliphatic rings. The van der Waals surface area contributed by atoms with Gasteiger partial charge in [-0.05, 0) is 24.3 Å². The Kier molecular flexibility index (Phi) is 6.57. The van der Waals surface area contributed by atoms with Crippen LogP contribution in [0.4, 0.5) is 17.6 Å². The highest BCUT2D eigenvalue weighted by atomic mass is 35.5. The van der Waals surface area contributed by atoms with Crippen molar-refractivity contribution in [3.05, 3.63) is 64.7 Å². The van der Waals surface area contributed by atoms with E-state index in [-0.39, 0.29) is 12.2 Å². The van der Waals surface area contributed by atoms with Crippen molar-refractivity contribution in [2.24, 2.45) is 0 Å². The van der Waals surface area contributed by atoms with E-state index in [0.29, 0.717) is 21.6 Å². The number of aromatic amines is 1. The van der Waals surface area contributed by atoms with Gasteiger partial charge in [0, 0.05) is 28.4 Å². The number of carboxylic acids is 1. The molecule has 1 aromatic carbocycles. The number of nitrogens with zero attached hydrogens (tertiary/aromatic N) is 1. The molecule has 0 aliphatic carbocycles. The minimum absolute atomic E-state index is 0.157. The quantitative estimate of drug-likeness (QED) is 0.487. The van der Waals surface area contributed by atoms with Crippen molar-refractivity contribution in [2.75, 3.05) is 0 Å². The van der Waals surface area contributed by atoms with E-state index in [0.717, 1.165) is 0 Å². The zero-order valence-electron chi connectivity index (χ0n) is 13.8. The van der Waals surface area contributed by atoms with E-state index in [1.54, 1.807) is 24.4 Å². The molecule has 2 aromatic heterocycles. The molecule has 0 saturated heterocycles. The second-order valence-electron chi connectivity index (χ2n) is 5.21. The molecule has 0 atom stereocenters. The lowest BCUT2D eigenvalue weighted by Crippen LogP contribution is -2.21. The minimum Gasteiger partial charge on any atom is -0.475 e. The number of carboxylic acid groups (broad SMARTS) is 1. The summed E-state index contributed by atoms with van der Waals surface area (Å²) in [5.41, 5.74) is 1.25. The second kappa shape index (κ2) is 8.70.